The summed E-state index contributed by atoms with van der Waals surface area (Å²) < 4.78 is 11.7. The van der Waals surface area contributed by atoms with Crippen molar-refractivity contribution in [2.45, 2.75) is 32.8 Å². The predicted molar refractivity (Wildman–Crippen MR) is 101 cm³/mol. The van der Waals surface area contributed by atoms with Gasteiger partial charge < -0.3 is 19.5 Å². The Balaban J connectivity index is 1.91. The summed E-state index contributed by atoms with van der Waals surface area (Å²) in [4.78, 5) is 2.28. The lowest BCUT2D eigenvalue weighted by Crippen LogP contribution is -2.36. The van der Waals surface area contributed by atoms with Crippen LogP contribution in [0, 0.1) is 0 Å². The molecule has 0 spiro atoms. The van der Waals surface area contributed by atoms with E-state index in [1.807, 2.05) is 54.6 Å². The second-order valence-corrected chi connectivity index (χ2v) is 6.13. The van der Waals surface area contributed by atoms with Gasteiger partial charge in [-0.15, -0.1) is 0 Å². The SMILES string of the molecule is CCCN(CCC)CC(O)COc1ccccc1Oc1ccccc1. The standard InChI is InChI=1S/C21H29NO3/c1-3-14-22(15-4-2)16-18(23)17-24-20-12-8-9-13-21(20)25-19-10-6-5-7-11-19/h5-13,18,23H,3-4,14-17H2,1-2H3. The summed E-state index contributed by atoms with van der Waals surface area (Å²) >= 11 is 0. The summed E-state index contributed by atoms with van der Waals surface area (Å²) in [6, 6.07) is 17.2. The van der Waals surface area contributed by atoms with Crippen molar-refractivity contribution in [1.82, 2.24) is 4.90 Å². The van der Waals surface area contributed by atoms with Gasteiger partial charge in [0.15, 0.2) is 11.5 Å². The fourth-order valence-corrected chi connectivity index (χ4v) is 2.73. The third-order valence-corrected chi connectivity index (χ3v) is 3.80. The van der Waals surface area contributed by atoms with Crippen molar-refractivity contribution < 1.29 is 14.6 Å². The number of rotatable bonds is 11. The fraction of sp³-hybridized carbons (Fsp3) is 0.429. The highest BCUT2D eigenvalue weighted by Gasteiger charge is 2.13. The third kappa shape index (κ3) is 6.77. The molecule has 0 bridgehead atoms. The molecule has 0 aliphatic carbocycles. The quantitative estimate of drug-likeness (QED) is 0.659. The first-order chi connectivity index (χ1) is 12.2. The molecule has 0 saturated heterocycles. The van der Waals surface area contributed by atoms with Crippen molar-refractivity contribution in [2.75, 3.05) is 26.2 Å². The number of benzene rings is 2. The molecule has 0 radical (unpaired) electrons. The molecule has 4 heteroatoms. The highest BCUT2D eigenvalue weighted by Crippen LogP contribution is 2.31. The van der Waals surface area contributed by atoms with Crippen LogP contribution in [0.15, 0.2) is 54.6 Å². The maximum absolute atomic E-state index is 10.3. The van der Waals surface area contributed by atoms with Crippen LogP contribution in [0.25, 0.3) is 0 Å². The van der Waals surface area contributed by atoms with Crippen LogP contribution in [0.1, 0.15) is 26.7 Å². The van der Waals surface area contributed by atoms with Crippen molar-refractivity contribution in [3.8, 4) is 17.2 Å². The van der Waals surface area contributed by atoms with E-state index in [9.17, 15) is 5.11 Å². The van der Waals surface area contributed by atoms with Crippen LogP contribution >= 0.6 is 0 Å². The first kappa shape index (κ1) is 19.3. The summed E-state index contributed by atoms with van der Waals surface area (Å²) in [5.74, 6) is 2.05. The van der Waals surface area contributed by atoms with Gasteiger partial charge in [0.1, 0.15) is 18.5 Å². The molecular formula is C21H29NO3. The summed E-state index contributed by atoms with van der Waals surface area (Å²) in [6.07, 6.45) is 1.64. The Morgan fingerprint density at radius 3 is 2.12 bits per heavy atom. The number of nitrogens with zero attached hydrogens (tertiary/aromatic N) is 1. The molecule has 0 amide bonds. The van der Waals surface area contributed by atoms with Crippen LogP contribution in [-0.4, -0.2) is 42.4 Å². The topological polar surface area (TPSA) is 41.9 Å². The molecule has 0 aliphatic rings. The Morgan fingerprint density at radius 2 is 1.48 bits per heavy atom. The van der Waals surface area contributed by atoms with Crippen LogP contribution < -0.4 is 9.47 Å². The molecule has 1 unspecified atom stereocenters. The third-order valence-electron chi connectivity index (χ3n) is 3.80. The molecule has 0 heterocycles. The lowest BCUT2D eigenvalue weighted by atomic mass is 10.3. The van der Waals surface area contributed by atoms with Crippen LogP contribution in [0.4, 0.5) is 0 Å². The van der Waals surface area contributed by atoms with E-state index in [2.05, 4.69) is 18.7 Å². The minimum Gasteiger partial charge on any atom is -0.487 e. The van der Waals surface area contributed by atoms with E-state index in [1.165, 1.54) is 0 Å². The minimum absolute atomic E-state index is 0.249. The van der Waals surface area contributed by atoms with E-state index in [1.54, 1.807) is 0 Å². The molecule has 0 aliphatic heterocycles. The van der Waals surface area contributed by atoms with Gasteiger partial charge in [0.2, 0.25) is 0 Å². The zero-order valence-electron chi connectivity index (χ0n) is 15.2. The second kappa shape index (κ2) is 10.7. The van der Waals surface area contributed by atoms with Gasteiger partial charge in [-0.2, -0.15) is 0 Å². The zero-order chi connectivity index (χ0) is 17.9. The summed E-state index contributed by atoms with van der Waals surface area (Å²) in [5, 5.41) is 10.3. The molecule has 0 fully saturated rings. The van der Waals surface area contributed by atoms with Gasteiger partial charge >= 0.3 is 0 Å². The number of aliphatic hydroxyl groups excluding tert-OH is 1. The highest BCUT2D eigenvalue weighted by atomic mass is 16.5. The van der Waals surface area contributed by atoms with Gasteiger partial charge in [0.25, 0.3) is 0 Å². The van der Waals surface area contributed by atoms with Crippen molar-refractivity contribution in [3.63, 3.8) is 0 Å². The second-order valence-electron chi connectivity index (χ2n) is 6.13. The number of ether oxygens (including phenoxy) is 2. The van der Waals surface area contributed by atoms with Crippen molar-refractivity contribution >= 4 is 0 Å². The molecule has 1 N–H and O–H groups in total. The highest BCUT2D eigenvalue weighted by molar-refractivity contribution is 5.42. The normalized spacial score (nSPS) is 12.2. The fourth-order valence-electron chi connectivity index (χ4n) is 2.73. The molecular weight excluding hydrogens is 314 g/mol. The predicted octanol–water partition coefficient (Wildman–Crippen LogP) is 4.34. The van der Waals surface area contributed by atoms with E-state index in [4.69, 9.17) is 9.47 Å². The Morgan fingerprint density at radius 1 is 0.880 bits per heavy atom. The van der Waals surface area contributed by atoms with Gasteiger partial charge in [0.05, 0.1) is 0 Å². The Labute approximate surface area is 151 Å². The summed E-state index contributed by atoms with van der Waals surface area (Å²) in [6.45, 7) is 7.19. The largest absolute Gasteiger partial charge is 0.487 e. The molecule has 4 nitrogen and oxygen atoms in total. The lowest BCUT2D eigenvalue weighted by molar-refractivity contribution is 0.0673. The molecule has 2 rings (SSSR count). The minimum atomic E-state index is -0.525. The van der Waals surface area contributed by atoms with Crippen LogP contribution in [0.2, 0.25) is 0 Å². The van der Waals surface area contributed by atoms with Crippen LogP contribution in [-0.2, 0) is 0 Å². The van der Waals surface area contributed by atoms with Gasteiger partial charge in [-0.05, 0) is 50.2 Å². The maximum atomic E-state index is 10.3. The van der Waals surface area contributed by atoms with Gasteiger partial charge in [-0.3, -0.25) is 0 Å². The van der Waals surface area contributed by atoms with Crippen LogP contribution in [0.5, 0.6) is 17.2 Å². The van der Waals surface area contributed by atoms with E-state index in [0.717, 1.165) is 31.7 Å². The first-order valence-electron chi connectivity index (χ1n) is 9.08. The van der Waals surface area contributed by atoms with Crippen molar-refractivity contribution in [3.05, 3.63) is 54.6 Å². The average molecular weight is 343 g/mol. The van der Waals surface area contributed by atoms with Gasteiger partial charge in [-0.25, -0.2) is 0 Å². The molecule has 136 valence electrons. The van der Waals surface area contributed by atoms with Gasteiger partial charge in [0, 0.05) is 6.54 Å². The van der Waals surface area contributed by atoms with E-state index in [-0.39, 0.29) is 6.61 Å². The Hall–Kier alpha value is -2.04. The molecule has 2 aromatic carbocycles. The number of hydrogen-bond donors (Lipinski definition) is 1. The molecule has 0 saturated carbocycles. The van der Waals surface area contributed by atoms with Crippen molar-refractivity contribution in [2.24, 2.45) is 0 Å². The first-order valence-corrected chi connectivity index (χ1v) is 9.08. The van der Waals surface area contributed by atoms with Gasteiger partial charge in [-0.1, -0.05) is 44.2 Å². The van der Waals surface area contributed by atoms with E-state index in [0.29, 0.717) is 18.0 Å². The lowest BCUT2D eigenvalue weighted by Gasteiger charge is -2.24. The molecule has 0 aromatic heterocycles. The van der Waals surface area contributed by atoms with E-state index < -0.39 is 6.10 Å². The molecule has 25 heavy (non-hydrogen) atoms. The van der Waals surface area contributed by atoms with Crippen LogP contribution in [0.3, 0.4) is 0 Å². The van der Waals surface area contributed by atoms with E-state index >= 15 is 0 Å². The zero-order valence-corrected chi connectivity index (χ0v) is 15.2. The summed E-state index contributed by atoms with van der Waals surface area (Å²) in [5.41, 5.74) is 0. The Kier molecular flexibility index (Phi) is 8.29. The molecule has 2 aromatic rings. The summed E-state index contributed by atoms with van der Waals surface area (Å²) in [7, 11) is 0. The monoisotopic (exact) mass is 343 g/mol. The number of aliphatic hydroxyl groups is 1. The number of para-hydroxylation sites is 3. The Bertz CT molecular complexity index is 597. The smallest absolute Gasteiger partial charge is 0.169 e. The number of hydrogen-bond acceptors (Lipinski definition) is 4. The maximum Gasteiger partial charge on any atom is 0.169 e. The average Bonchev–Trinajstić information content (AvgIpc) is 2.62. The van der Waals surface area contributed by atoms with Crippen molar-refractivity contribution in [1.29, 1.82) is 0 Å². The molecule has 1 atom stereocenters.